The number of benzene rings is 12. The highest BCUT2D eigenvalue weighted by molar-refractivity contribution is 7.19. The van der Waals surface area contributed by atoms with E-state index in [0.717, 1.165) is 28.3 Å². The molecule has 0 amide bonds. The molecule has 0 atom stereocenters. The number of para-hydroxylation sites is 2. The average molecular weight is 947 g/mol. The summed E-state index contributed by atoms with van der Waals surface area (Å²) in [5, 5.41) is 10.3. The Morgan fingerprint density at radius 3 is 1.37 bits per heavy atom. The molecule has 0 bridgehead atoms. The number of rotatable bonds is 11. The lowest BCUT2D eigenvalue weighted by Crippen LogP contribution is -2.74. The summed E-state index contributed by atoms with van der Waals surface area (Å²) in [5.74, 6) is 0. The summed E-state index contributed by atoms with van der Waals surface area (Å²) in [7, 11) is -2.83. The fourth-order valence-electron chi connectivity index (χ4n) is 11.5. The smallest absolute Gasteiger partial charge is 0.179 e. The second-order valence-corrected chi connectivity index (χ2v) is 22.6. The van der Waals surface area contributed by atoms with Gasteiger partial charge in [0.1, 0.15) is 0 Å². The van der Waals surface area contributed by atoms with Crippen LogP contribution in [0.2, 0.25) is 0 Å². The predicted molar refractivity (Wildman–Crippen MR) is 313 cm³/mol. The zero-order chi connectivity index (χ0) is 48.6. The summed E-state index contributed by atoms with van der Waals surface area (Å²) in [6.07, 6.45) is 0. The zero-order valence-corrected chi connectivity index (χ0v) is 41.3. The Kier molecular flexibility index (Phi) is 11.3. The highest BCUT2D eigenvalue weighted by atomic mass is 28.3. The van der Waals surface area contributed by atoms with Crippen molar-refractivity contribution in [2.24, 2.45) is 0 Å². The zero-order valence-electron chi connectivity index (χ0n) is 40.3. The summed E-state index contributed by atoms with van der Waals surface area (Å²) < 4.78 is 2.45. The quantitative estimate of drug-likeness (QED) is 0.0926. The standard InChI is InChI=1S/C70H50N2Si/c1-5-22-52(23-6-1)64-35-15-17-39-67(64)72-68-40-18-16-36-66(68)70-65(38-21-41-69(70)72)54-44-48-56(49-45-54)71(55-46-42-53(43-47-55)63-37-19-25-51-24-13-14-34-62(51)63)57-26-20-33-61(50-57)73(58-27-7-2-8-28-58,59-29-9-3-10-30-59)60-31-11-4-12-32-60/h1-50H. The molecular formula is C70H50N2Si. The van der Waals surface area contributed by atoms with Crippen molar-refractivity contribution in [3.63, 3.8) is 0 Å². The van der Waals surface area contributed by atoms with Crippen molar-refractivity contribution in [1.82, 2.24) is 4.57 Å². The third kappa shape index (κ3) is 7.66. The van der Waals surface area contributed by atoms with Crippen molar-refractivity contribution in [3.05, 3.63) is 303 Å². The first-order chi connectivity index (χ1) is 36.2. The highest BCUT2D eigenvalue weighted by Gasteiger charge is 2.41. The van der Waals surface area contributed by atoms with Crippen molar-refractivity contribution < 1.29 is 0 Å². The first kappa shape index (κ1) is 43.7. The lowest BCUT2D eigenvalue weighted by Gasteiger charge is -2.35. The molecule has 3 heteroatoms. The molecule has 0 saturated heterocycles. The molecule has 0 aliphatic heterocycles. The molecule has 1 aromatic heterocycles. The Labute approximate surface area is 428 Å². The molecular weight excluding hydrogens is 897 g/mol. The van der Waals surface area contributed by atoms with Gasteiger partial charge in [-0.05, 0) is 114 Å². The number of hydrogen-bond donors (Lipinski definition) is 0. The topological polar surface area (TPSA) is 8.17 Å². The van der Waals surface area contributed by atoms with Crippen molar-refractivity contribution in [3.8, 4) is 39.1 Å². The Balaban J connectivity index is 0.980. The van der Waals surface area contributed by atoms with Gasteiger partial charge in [0.25, 0.3) is 0 Å². The molecule has 344 valence electrons. The fourth-order valence-corrected chi connectivity index (χ4v) is 16.3. The predicted octanol–water partition coefficient (Wildman–Crippen LogP) is 15.8. The molecule has 13 aromatic rings. The summed E-state index contributed by atoms with van der Waals surface area (Å²) in [6, 6.07) is 112. The molecule has 73 heavy (non-hydrogen) atoms. The van der Waals surface area contributed by atoms with E-state index >= 15 is 0 Å². The normalized spacial score (nSPS) is 11.6. The molecule has 13 rings (SSSR count). The van der Waals surface area contributed by atoms with Crippen molar-refractivity contribution in [2.75, 3.05) is 4.90 Å². The molecule has 0 aliphatic rings. The van der Waals surface area contributed by atoms with E-state index < -0.39 is 8.07 Å². The summed E-state index contributed by atoms with van der Waals surface area (Å²) in [5.41, 5.74) is 14.0. The lowest BCUT2D eigenvalue weighted by atomic mass is 9.97. The third-order valence-electron chi connectivity index (χ3n) is 14.7. The van der Waals surface area contributed by atoms with Crippen LogP contribution < -0.4 is 25.6 Å². The maximum absolute atomic E-state index is 2.83. The number of hydrogen-bond acceptors (Lipinski definition) is 1. The largest absolute Gasteiger partial charge is 0.311 e. The van der Waals surface area contributed by atoms with Gasteiger partial charge in [0.2, 0.25) is 0 Å². The van der Waals surface area contributed by atoms with Crippen LogP contribution in [0.3, 0.4) is 0 Å². The van der Waals surface area contributed by atoms with Gasteiger partial charge in [0, 0.05) is 33.4 Å². The Morgan fingerprint density at radius 2 is 0.712 bits per heavy atom. The molecule has 2 nitrogen and oxygen atoms in total. The van der Waals surface area contributed by atoms with Gasteiger partial charge in [-0.3, -0.25) is 0 Å². The molecule has 0 aliphatic carbocycles. The van der Waals surface area contributed by atoms with Gasteiger partial charge in [-0.15, -0.1) is 0 Å². The van der Waals surface area contributed by atoms with E-state index in [1.54, 1.807) is 0 Å². The Hall–Kier alpha value is -9.28. The van der Waals surface area contributed by atoms with E-state index in [1.165, 1.54) is 81.1 Å². The Morgan fingerprint density at radius 1 is 0.274 bits per heavy atom. The molecule has 0 saturated carbocycles. The van der Waals surface area contributed by atoms with E-state index in [9.17, 15) is 0 Å². The van der Waals surface area contributed by atoms with Crippen LogP contribution in [0.1, 0.15) is 0 Å². The van der Waals surface area contributed by atoms with Gasteiger partial charge in [-0.1, -0.05) is 249 Å². The number of nitrogens with zero attached hydrogens (tertiary/aromatic N) is 2. The molecule has 12 aromatic carbocycles. The van der Waals surface area contributed by atoms with Crippen molar-refractivity contribution in [1.29, 1.82) is 0 Å². The summed E-state index contributed by atoms with van der Waals surface area (Å²) >= 11 is 0. The van der Waals surface area contributed by atoms with E-state index in [-0.39, 0.29) is 0 Å². The van der Waals surface area contributed by atoms with Gasteiger partial charge in [-0.25, -0.2) is 0 Å². The molecule has 0 radical (unpaired) electrons. The van der Waals surface area contributed by atoms with Crippen LogP contribution in [0.4, 0.5) is 17.1 Å². The van der Waals surface area contributed by atoms with Crippen LogP contribution in [0, 0.1) is 0 Å². The molecule has 0 unspecified atom stereocenters. The highest BCUT2D eigenvalue weighted by Crippen LogP contribution is 2.42. The van der Waals surface area contributed by atoms with Gasteiger partial charge in [0.15, 0.2) is 8.07 Å². The van der Waals surface area contributed by atoms with Crippen LogP contribution in [0.25, 0.3) is 71.6 Å². The van der Waals surface area contributed by atoms with Crippen LogP contribution >= 0.6 is 0 Å². The monoisotopic (exact) mass is 946 g/mol. The van der Waals surface area contributed by atoms with Gasteiger partial charge in [0.05, 0.1) is 16.7 Å². The minimum Gasteiger partial charge on any atom is -0.311 e. The maximum Gasteiger partial charge on any atom is 0.179 e. The summed E-state index contributed by atoms with van der Waals surface area (Å²) in [6.45, 7) is 0. The van der Waals surface area contributed by atoms with Gasteiger partial charge >= 0.3 is 0 Å². The lowest BCUT2D eigenvalue weighted by molar-refractivity contribution is 1.18. The van der Waals surface area contributed by atoms with Gasteiger partial charge in [-0.2, -0.15) is 0 Å². The van der Waals surface area contributed by atoms with E-state index in [1.807, 2.05) is 0 Å². The van der Waals surface area contributed by atoms with Crippen LogP contribution in [0.5, 0.6) is 0 Å². The van der Waals surface area contributed by atoms with Crippen LogP contribution in [-0.4, -0.2) is 12.6 Å². The second-order valence-electron chi connectivity index (χ2n) is 18.8. The third-order valence-corrected chi connectivity index (χ3v) is 19.5. The average Bonchev–Trinajstić information content (AvgIpc) is 3.82. The minimum atomic E-state index is -2.83. The molecule has 0 spiro atoms. The van der Waals surface area contributed by atoms with Gasteiger partial charge < -0.3 is 9.47 Å². The second kappa shape index (κ2) is 18.8. The number of fused-ring (bicyclic) bond motifs is 4. The fraction of sp³-hybridized carbons (Fsp3) is 0. The van der Waals surface area contributed by atoms with E-state index in [0.29, 0.717) is 0 Å². The first-order valence-corrected chi connectivity index (χ1v) is 27.2. The minimum absolute atomic E-state index is 1.08. The molecule has 0 N–H and O–H groups in total. The van der Waals surface area contributed by atoms with Crippen LogP contribution in [-0.2, 0) is 0 Å². The van der Waals surface area contributed by atoms with Crippen molar-refractivity contribution in [2.45, 2.75) is 0 Å². The SMILES string of the molecule is c1ccc(-c2ccccc2-n2c3ccccc3c3c(-c4ccc(N(c5ccc(-c6cccc7ccccc67)cc5)c5cccc([Si](c6ccccc6)(c6ccccc6)c6ccccc6)c5)cc4)cccc32)cc1. The maximum atomic E-state index is 2.47. The molecule has 1 heterocycles. The van der Waals surface area contributed by atoms with Crippen molar-refractivity contribution >= 4 is 78.5 Å². The van der Waals surface area contributed by atoms with Crippen LogP contribution in [0.15, 0.2) is 303 Å². The Bertz CT molecular complexity index is 3950. The van der Waals surface area contributed by atoms with E-state index in [4.69, 9.17) is 0 Å². The summed E-state index contributed by atoms with van der Waals surface area (Å²) in [4.78, 5) is 2.44. The molecule has 0 fully saturated rings. The first-order valence-electron chi connectivity index (χ1n) is 25.2. The van der Waals surface area contributed by atoms with E-state index in [2.05, 4.69) is 313 Å². The number of aromatic nitrogens is 1. The number of anilines is 3.